The van der Waals surface area contributed by atoms with E-state index in [2.05, 4.69) is 4.72 Å². The Hall–Kier alpha value is -2.03. The number of methoxy groups -OCH3 is 1. The van der Waals surface area contributed by atoms with Gasteiger partial charge in [0, 0.05) is 5.69 Å². The van der Waals surface area contributed by atoms with E-state index in [1.165, 1.54) is 13.2 Å². The first-order valence-corrected chi connectivity index (χ1v) is 8.08. The summed E-state index contributed by atoms with van der Waals surface area (Å²) in [5, 5.41) is 9.68. The van der Waals surface area contributed by atoms with Crippen LogP contribution in [-0.2, 0) is 21.3 Å². The number of anilines is 1. The molecule has 2 aromatic carbocycles. The predicted molar refractivity (Wildman–Crippen MR) is 82.6 cm³/mol. The lowest BCUT2D eigenvalue weighted by Crippen LogP contribution is -2.28. The summed E-state index contributed by atoms with van der Waals surface area (Å²) in [6, 6.07) is 11.3. The molecule has 0 spiro atoms. The van der Waals surface area contributed by atoms with E-state index in [1.54, 1.807) is 36.4 Å². The zero-order valence-electron chi connectivity index (χ0n) is 11.8. The van der Waals surface area contributed by atoms with Gasteiger partial charge >= 0.3 is 7.12 Å². The maximum Gasteiger partial charge on any atom is 0.491 e. The van der Waals surface area contributed by atoms with Crippen molar-refractivity contribution >= 4 is 28.3 Å². The highest BCUT2D eigenvalue weighted by atomic mass is 32.2. The number of fused-ring (bicyclic) bond motifs is 1. The number of sulfonamides is 1. The van der Waals surface area contributed by atoms with Gasteiger partial charge in [0.25, 0.3) is 10.0 Å². The first-order chi connectivity index (χ1) is 10.5. The molecule has 0 amide bonds. The standard InChI is InChI=1S/C14H14BNO5S/c1-20-13-4-2-3-5-14(13)22(18,19)16-11-7-6-10-9-21-15(17)12(10)8-11/h2-8,16-17H,9H2,1H3. The Labute approximate surface area is 128 Å². The van der Waals surface area contributed by atoms with E-state index < -0.39 is 17.1 Å². The Balaban J connectivity index is 1.94. The van der Waals surface area contributed by atoms with Crippen molar-refractivity contribution < 1.29 is 22.8 Å². The molecule has 22 heavy (non-hydrogen) atoms. The summed E-state index contributed by atoms with van der Waals surface area (Å²) in [4.78, 5) is 0.0507. The van der Waals surface area contributed by atoms with E-state index in [0.29, 0.717) is 17.8 Å². The van der Waals surface area contributed by atoms with Gasteiger partial charge in [-0.15, -0.1) is 0 Å². The SMILES string of the molecule is COc1ccccc1S(=O)(=O)Nc1ccc2c(c1)B(O)OC2. The molecule has 6 nitrogen and oxygen atoms in total. The fourth-order valence-electron chi connectivity index (χ4n) is 2.33. The van der Waals surface area contributed by atoms with Crippen LogP contribution in [0, 0.1) is 0 Å². The molecule has 0 atom stereocenters. The third kappa shape index (κ3) is 2.68. The quantitative estimate of drug-likeness (QED) is 0.811. The third-order valence-corrected chi connectivity index (χ3v) is 4.84. The van der Waals surface area contributed by atoms with Crippen LogP contribution in [0.4, 0.5) is 5.69 Å². The van der Waals surface area contributed by atoms with E-state index in [1.807, 2.05) is 0 Å². The molecule has 0 saturated carbocycles. The van der Waals surface area contributed by atoms with Gasteiger partial charge in [-0.1, -0.05) is 18.2 Å². The number of benzene rings is 2. The van der Waals surface area contributed by atoms with Crippen LogP contribution in [0.3, 0.4) is 0 Å². The molecule has 3 rings (SSSR count). The molecule has 0 saturated heterocycles. The molecule has 2 N–H and O–H groups in total. The number of rotatable bonds is 4. The molecule has 0 bridgehead atoms. The number of nitrogens with one attached hydrogen (secondary N) is 1. The molecule has 2 aromatic rings. The van der Waals surface area contributed by atoms with Crippen LogP contribution in [0.5, 0.6) is 5.75 Å². The molecule has 0 aromatic heterocycles. The Kier molecular flexibility index (Phi) is 3.82. The summed E-state index contributed by atoms with van der Waals surface area (Å²) in [5.41, 5.74) is 1.77. The van der Waals surface area contributed by atoms with Crippen molar-refractivity contribution in [2.75, 3.05) is 11.8 Å². The highest BCUT2D eigenvalue weighted by Gasteiger charge is 2.28. The van der Waals surface area contributed by atoms with Crippen molar-refractivity contribution in [3.63, 3.8) is 0 Å². The van der Waals surface area contributed by atoms with Gasteiger partial charge < -0.3 is 14.4 Å². The molecule has 1 aliphatic rings. The highest BCUT2D eigenvalue weighted by Crippen LogP contribution is 2.25. The molecule has 0 radical (unpaired) electrons. The Bertz CT molecular complexity index is 809. The molecule has 0 unspecified atom stereocenters. The smallest absolute Gasteiger partial charge is 0.491 e. The van der Waals surface area contributed by atoms with Crippen molar-refractivity contribution in [1.82, 2.24) is 0 Å². The fourth-order valence-corrected chi connectivity index (χ4v) is 3.55. The van der Waals surface area contributed by atoms with Crippen LogP contribution in [0.25, 0.3) is 0 Å². The monoisotopic (exact) mass is 319 g/mol. The Morgan fingerprint density at radius 1 is 1.27 bits per heavy atom. The fraction of sp³-hybridized carbons (Fsp3) is 0.143. The van der Waals surface area contributed by atoms with E-state index in [0.717, 1.165) is 5.56 Å². The average Bonchev–Trinajstić information content (AvgIpc) is 2.88. The molecule has 0 fully saturated rings. The van der Waals surface area contributed by atoms with E-state index in [9.17, 15) is 13.4 Å². The van der Waals surface area contributed by atoms with Crippen LogP contribution >= 0.6 is 0 Å². The summed E-state index contributed by atoms with van der Waals surface area (Å²) in [6.07, 6.45) is 0. The van der Waals surface area contributed by atoms with Crippen LogP contribution in [0.15, 0.2) is 47.4 Å². The van der Waals surface area contributed by atoms with Gasteiger partial charge in [0.15, 0.2) is 0 Å². The maximum absolute atomic E-state index is 12.5. The third-order valence-electron chi connectivity index (χ3n) is 3.42. The molecule has 0 aliphatic carbocycles. The van der Waals surface area contributed by atoms with Crippen molar-refractivity contribution in [3.8, 4) is 5.75 Å². The zero-order chi connectivity index (χ0) is 15.7. The molecule has 8 heteroatoms. The number of ether oxygens (including phenoxy) is 1. The summed E-state index contributed by atoms with van der Waals surface area (Å²) < 4.78 is 37.6. The van der Waals surface area contributed by atoms with Gasteiger partial charge in [-0.25, -0.2) is 8.42 Å². The van der Waals surface area contributed by atoms with Gasteiger partial charge in [-0.05, 0) is 35.3 Å². The molecular formula is C14H14BNO5S. The largest absolute Gasteiger partial charge is 0.495 e. The highest BCUT2D eigenvalue weighted by molar-refractivity contribution is 7.92. The molecular weight excluding hydrogens is 305 g/mol. The second kappa shape index (κ2) is 5.64. The second-order valence-electron chi connectivity index (χ2n) is 4.83. The van der Waals surface area contributed by atoms with E-state index >= 15 is 0 Å². The number of para-hydroxylation sites is 1. The first kappa shape index (κ1) is 14.9. The number of hydrogen-bond acceptors (Lipinski definition) is 5. The van der Waals surface area contributed by atoms with Gasteiger partial charge in [0.1, 0.15) is 10.6 Å². The van der Waals surface area contributed by atoms with Gasteiger partial charge in [-0.2, -0.15) is 0 Å². The summed E-state index contributed by atoms with van der Waals surface area (Å²) in [5.74, 6) is 0.263. The van der Waals surface area contributed by atoms with Crippen LogP contribution in [-0.4, -0.2) is 27.7 Å². The van der Waals surface area contributed by atoms with Crippen LogP contribution in [0.1, 0.15) is 5.56 Å². The second-order valence-corrected chi connectivity index (χ2v) is 6.48. The average molecular weight is 319 g/mol. The van der Waals surface area contributed by atoms with Crippen molar-refractivity contribution in [3.05, 3.63) is 48.0 Å². The number of hydrogen-bond donors (Lipinski definition) is 2. The summed E-state index contributed by atoms with van der Waals surface area (Å²) in [6.45, 7) is 0.316. The lowest BCUT2D eigenvalue weighted by atomic mass is 9.79. The van der Waals surface area contributed by atoms with Gasteiger partial charge in [0.05, 0.1) is 13.7 Å². The zero-order valence-corrected chi connectivity index (χ0v) is 12.6. The molecule has 1 aliphatic heterocycles. The Morgan fingerprint density at radius 2 is 2.05 bits per heavy atom. The van der Waals surface area contributed by atoms with Crippen molar-refractivity contribution in [2.45, 2.75) is 11.5 Å². The Morgan fingerprint density at radius 3 is 2.82 bits per heavy atom. The van der Waals surface area contributed by atoms with Crippen LogP contribution < -0.4 is 14.9 Å². The predicted octanol–water partition coefficient (Wildman–Crippen LogP) is 0.714. The van der Waals surface area contributed by atoms with E-state index in [4.69, 9.17) is 9.39 Å². The van der Waals surface area contributed by atoms with Gasteiger partial charge in [0.2, 0.25) is 0 Å². The lowest BCUT2D eigenvalue weighted by molar-refractivity contribution is 0.275. The van der Waals surface area contributed by atoms with Crippen molar-refractivity contribution in [1.29, 1.82) is 0 Å². The molecule has 1 heterocycles. The van der Waals surface area contributed by atoms with Gasteiger partial charge in [-0.3, -0.25) is 4.72 Å². The molecule has 114 valence electrons. The normalized spacial score (nSPS) is 13.8. The minimum absolute atomic E-state index is 0.0507. The van der Waals surface area contributed by atoms with Crippen LogP contribution in [0.2, 0.25) is 0 Å². The summed E-state index contributed by atoms with van der Waals surface area (Å²) in [7, 11) is -3.40. The minimum atomic E-state index is -3.79. The topological polar surface area (TPSA) is 84.9 Å². The summed E-state index contributed by atoms with van der Waals surface area (Å²) >= 11 is 0. The minimum Gasteiger partial charge on any atom is -0.495 e. The maximum atomic E-state index is 12.5. The van der Waals surface area contributed by atoms with E-state index in [-0.39, 0.29) is 10.6 Å². The first-order valence-electron chi connectivity index (χ1n) is 6.59. The van der Waals surface area contributed by atoms with Crippen molar-refractivity contribution in [2.24, 2.45) is 0 Å². The lowest BCUT2D eigenvalue weighted by Gasteiger charge is -2.12.